The first-order chi connectivity index (χ1) is 10.5. The average molecular weight is 303 g/mol. The molecule has 1 fully saturated rings. The lowest BCUT2D eigenvalue weighted by Gasteiger charge is -2.14. The topological polar surface area (TPSA) is 92.5 Å². The predicted molar refractivity (Wildman–Crippen MR) is 82.7 cm³/mol. The molecule has 1 aliphatic heterocycles. The lowest BCUT2D eigenvalue weighted by atomic mass is 10.1. The highest BCUT2D eigenvalue weighted by molar-refractivity contribution is 6.01. The van der Waals surface area contributed by atoms with Crippen LogP contribution in [0.3, 0.4) is 0 Å². The molecule has 1 atom stereocenters. The number of nitrogens with one attached hydrogen (secondary N) is 1. The molecule has 1 saturated heterocycles. The summed E-state index contributed by atoms with van der Waals surface area (Å²) in [7, 11) is 0. The van der Waals surface area contributed by atoms with E-state index >= 15 is 0 Å². The second-order valence-electron chi connectivity index (χ2n) is 5.63. The maximum Gasteiger partial charge on any atom is 0.229 e. The molecular formula is C16H21N3O3. The fraction of sp³-hybridized carbons (Fsp3) is 0.438. The third-order valence-corrected chi connectivity index (χ3v) is 3.56. The summed E-state index contributed by atoms with van der Waals surface area (Å²) >= 11 is 0. The van der Waals surface area contributed by atoms with Crippen molar-refractivity contribution in [1.29, 1.82) is 0 Å². The number of carbonyl (C=O) groups excluding carboxylic acids is 3. The predicted octanol–water partition coefficient (Wildman–Crippen LogP) is 1.40. The second kappa shape index (κ2) is 7.17. The number of hydrogen-bond donors (Lipinski definition) is 2. The van der Waals surface area contributed by atoms with Crippen molar-refractivity contribution >= 4 is 23.4 Å². The van der Waals surface area contributed by atoms with Gasteiger partial charge in [-0.05, 0) is 31.0 Å². The first-order valence-electron chi connectivity index (χ1n) is 7.43. The first-order valence-corrected chi connectivity index (χ1v) is 7.43. The molecule has 22 heavy (non-hydrogen) atoms. The first kappa shape index (κ1) is 16.2. The van der Waals surface area contributed by atoms with Crippen LogP contribution in [0.25, 0.3) is 0 Å². The van der Waals surface area contributed by atoms with Crippen molar-refractivity contribution in [2.45, 2.75) is 45.2 Å². The molecule has 1 aromatic rings. The van der Waals surface area contributed by atoms with Crippen molar-refractivity contribution in [3.63, 3.8) is 0 Å². The fourth-order valence-electron chi connectivity index (χ4n) is 2.26. The summed E-state index contributed by atoms with van der Waals surface area (Å²) in [6.45, 7) is 2.15. The van der Waals surface area contributed by atoms with Crippen molar-refractivity contribution in [3.05, 3.63) is 29.8 Å². The molecule has 6 heteroatoms. The van der Waals surface area contributed by atoms with E-state index in [-0.39, 0.29) is 30.3 Å². The van der Waals surface area contributed by atoms with Crippen LogP contribution in [-0.4, -0.2) is 28.7 Å². The molecule has 2 rings (SSSR count). The zero-order chi connectivity index (χ0) is 16.1. The molecule has 1 aromatic carbocycles. The van der Waals surface area contributed by atoms with Crippen LogP contribution in [0, 0.1) is 0 Å². The Hall–Kier alpha value is -2.21. The van der Waals surface area contributed by atoms with Crippen LogP contribution >= 0.6 is 0 Å². The van der Waals surface area contributed by atoms with Gasteiger partial charge in [0.15, 0.2) is 0 Å². The molecule has 3 amide bonds. The largest absolute Gasteiger partial charge is 0.328 e. The van der Waals surface area contributed by atoms with Gasteiger partial charge in [-0.25, -0.2) is 0 Å². The summed E-state index contributed by atoms with van der Waals surface area (Å²) < 4.78 is 0. The van der Waals surface area contributed by atoms with Gasteiger partial charge in [0.25, 0.3) is 0 Å². The van der Waals surface area contributed by atoms with Gasteiger partial charge in [-0.15, -0.1) is 0 Å². The Labute approximate surface area is 129 Å². The van der Waals surface area contributed by atoms with Gasteiger partial charge < -0.3 is 11.1 Å². The molecular weight excluding hydrogens is 282 g/mol. The van der Waals surface area contributed by atoms with Gasteiger partial charge in [0.1, 0.15) is 0 Å². The van der Waals surface area contributed by atoms with E-state index < -0.39 is 0 Å². The number of rotatable bonds is 6. The third kappa shape index (κ3) is 4.39. The molecule has 0 aliphatic carbocycles. The minimum atomic E-state index is -0.127. The minimum absolute atomic E-state index is 0.00339. The maximum atomic E-state index is 11.7. The minimum Gasteiger partial charge on any atom is -0.328 e. The Balaban J connectivity index is 1.89. The Kier molecular flexibility index (Phi) is 5.27. The molecule has 3 N–H and O–H groups in total. The maximum absolute atomic E-state index is 11.7. The van der Waals surface area contributed by atoms with Crippen LogP contribution in [0.1, 0.15) is 38.2 Å². The van der Waals surface area contributed by atoms with E-state index in [9.17, 15) is 14.4 Å². The van der Waals surface area contributed by atoms with Gasteiger partial charge in [0, 0.05) is 31.0 Å². The molecule has 0 aromatic heterocycles. The van der Waals surface area contributed by atoms with E-state index in [0.717, 1.165) is 5.56 Å². The molecule has 0 spiro atoms. The van der Waals surface area contributed by atoms with E-state index in [2.05, 4.69) is 5.32 Å². The summed E-state index contributed by atoms with van der Waals surface area (Å²) in [5.74, 6) is -0.327. The van der Waals surface area contributed by atoms with Crippen molar-refractivity contribution in [1.82, 2.24) is 4.90 Å². The summed E-state index contributed by atoms with van der Waals surface area (Å²) in [5, 5.41) is 2.79. The number of anilines is 1. The highest BCUT2D eigenvalue weighted by Gasteiger charge is 2.28. The number of likely N-dealkylation sites (tertiary alicyclic amines) is 1. The van der Waals surface area contributed by atoms with E-state index in [1.807, 2.05) is 6.92 Å². The van der Waals surface area contributed by atoms with Crippen LogP contribution in [0.4, 0.5) is 5.69 Å². The SMILES string of the molecule is CC(N)CCC(=O)Nc1ccc(CN2C(=O)CCC2=O)cc1. The molecule has 1 heterocycles. The third-order valence-electron chi connectivity index (χ3n) is 3.56. The number of carbonyl (C=O) groups is 3. The number of hydrogen-bond acceptors (Lipinski definition) is 4. The summed E-state index contributed by atoms with van der Waals surface area (Å²) in [5.41, 5.74) is 7.17. The van der Waals surface area contributed by atoms with E-state index in [1.165, 1.54) is 4.90 Å². The Morgan fingerprint density at radius 3 is 2.36 bits per heavy atom. The van der Waals surface area contributed by atoms with Crippen LogP contribution in [0.2, 0.25) is 0 Å². The number of imide groups is 1. The van der Waals surface area contributed by atoms with E-state index in [4.69, 9.17) is 5.73 Å². The number of benzene rings is 1. The van der Waals surface area contributed by atoms with Crippen LogP contribution in [0.15, 0.2) is 24.3 Å². The van der Waals surface area contributed by atoms with Crippen LogP contribution < -0.4 is 11.1 Å². The smallest absolute Gasteiger partial charge is 0.229 e. The van der Waals surface area contributed by atoms with Gasteiger partial charge in [-0.2, -0.15) is 0 Å². The zero-order valence-corrected chi connectivity index (χ0v) is 12.7. The summed E-state index contributed by atoms with van der Waals surface area (Å²) in [4.78, 5) is 36.1. The molecule has 0 saturated carbocycles. The number of amides is 3. The molecule has 0 radical (unpaired) electrons. The lowest BCUT2D eigenvalue weighted by molar-refractivity contribution is -0.139. The van der Waals surface area contributed by atoms with Gasteiger partial charge >= 0.3 is 0 Å². The molecule has 1 unspecified atom stereocenters. The Bertz CT molecular complexity index is 551. The van der Waals surface area contributed by atoms with Gasteiger partial charge in [-0.1, -0.05) is 12.1 Å². The average Bonchev–Trinajstić information content (AvgIpc) is 2.79. The Morgan fingerprint density at radius 2 is 1.82 bits per heavy atom. The molecule has 0 bridgehead atoms. The quantitative estimate of drug-likeness (QED) is 0.777. The van der Waals surface area contributed by atoms with Gasteiger partial charge in [0.05, 0.1) is 6.54 Å². The number of nitrogens with two attached hydrogens (primary N) is 1. The van der Waals surface area contributed by atoms with Gasteiger partial charge in [-0.3, -0.25) is 19.3 Å². The fourth-order valence-corrected chi connectivity index (χ4v) is 2.26. The standard InChI is InChI=1S/C16H21N3O3/c1-11(17)2-7-14(20)18-13-5-3-12(4-6-13)10-19-15(21)8-9-16(19)22/h3-6,11H,2,7-10,17H2,1H3,(H,18,20). The summed E-state index contributed by atoms with van der Waals surface area (Å²) in [6, 6.07) is 7.15. The van der Waals surface area contributed by atoms with E-state index in [0.29, 0.717) is 31.4 Å². The monoisotopic (exact) mass is 303 g/mol. The molecule has 6 nitrogen and oxygen atoms in total. The van der Waals surface area contributed by atoms with E-state index in [1.54, 1.807) is 24.3 Å². The van der Waals surface area contributed by atoms with Crippen molar-refractivity contribution in [3.8, 4) is 0 Å². The Morgan fingerprint density at radius 1 is 1.23 bits per heavy atom. The zero-order valence-electron chi connectivity index (χ0n) is 12.7. The second-order valence-corrected chi connectivity index (χ2v) is 5.63. The highest BCUT2D eigenvalue weighted by Crippen LogP contribution is 2.17. The molecule has 1 aliphatic rings. The van der Waals surface area contributed by atoms with Crippen molar-refractivity contribution in [2.75, 3.05) is 5.32 Å². The van der Waals surface area contributed by atoms with Crippen molar-refractivity contribution < 1.29 is 14.4 Å². The lowest BCUT2D eigenvalue weighted by Crippen LogP contribution is -2.28. The van der Waals surface area contributed by atoms with Crippen LogP contribution in [0.5, 0.6) is 0 Å². The highest BCUT2D eigenvalue weighted by atomic mass is 16.2. The van der Waals surface area contributed by atoms with Crippen molar-refractivity contribution in [2.24, 2.45) is 5.73 Å². The normalized spacial score (nSPS) is 16.0. The van der Waals surface area contributed by atoms with Gasteiger partial charge in [0.2, 0.25) is 17.7 Å². The number of nitrogens with zero attached hydrogens (tertiary/aromatic N) is 1. The molecule has 118 valence electrons. The summed E-state index contributed by atoms with van der Waals surface area (Å²) in [6.07, 6.45) is 1.62. The van der Waals surface area contributed by atoms with Crippen LogP contribution in [-0.2, 0) is 20.9 Å².